The van der Waals surface area contributed by atoms with Gasteiger partial charge in [0.05, 0.1) is 18.7 Å². The monoisotopic (exact) mass is 368 g/mol. The Labute approximate surface area is 136 Å². The molecule has 2 N–H and O–H groups in total. The number of halogens is 2. The second-order valence-corrected chi connectivity index (χ2v) is 5.52. The molecule has 0 fully saturated rings. The molecule has 0 spiro atoms. The summed E-state index contributed by atoms with van der Waals surface area (Å²) in [5.41, 5.74) is 1.47. The van der Waals surface area contributed by atoms with Gasteiger partial charge in [-0.05, 0) is 46.3 Å². The summed E-state index contributed by atoms with van der Waals surface area (Å²) in [6, 6.07) is 12.6. The predicted molar refractivity (Wildman–Crippen MR) is 89.3 cm³/mol. The van der Waals surface area contributed by atoms with Gasteiger partial charge in [-0.25, -0.2) is 0 Å². The number of anilines is 2. The van der Waals surface area contributed by atoms with Gasteiger partial charge < -0.3 is 15.4 Å². The van der Waals surface area contributed by atoms with Crippen LogP contribution in [0.3, 0.4) is 0 Å². The van der Waals surface area contributed by atoms with Gasteiger partial charge in [-0.15, -0.1) is 0 Å². The van der Waals surface area contributed by atoms with Crippen molar-refractivity contribution in [1.29, 1.82) is 0 Å². The standard InChI is InChI=1S/C15H14BrClN2O2/c1-21-12-4-2-3-11(7-12)19-15(20)9-18-10-5-6-13(16)14(17)8-10/h2-8,18H,9H2,1H3,(H,19,20). The van der Waals surface area contributed by atoms with Crippen LogP contribution in [0, 0.1) is 0 Å². The van der Waals surface area contributed by atoms with E-state index in [1.807, 2.05) is 24.3 Å². The number of ether oxygens (including phenoxy) is 1. The second-order valence-electron chi connectivity index (χ2n) is 4.26. The smallest absolute Gasteiger partial charge is 0.243 e. The third-order valence-corrected chi connectivity index (χ3v) is 3.96. The molecule has 0 atom stereocenters. The number of rotatable bonds is 5. The Morgan fingerprint density at radius 1 is 1.24 bits per heavy atom. The number of amides is 1. The van der Waals surface area contributed by atoms with Crippen LogP contribution >= 0.6 is 27.5 Å². The third kappa shape index (κ3) is 4.65. The lowest BCUT2D eigenvalue weighted by atomic mass is 10.3. The summed E-state index contributed by atoms with van der Waals surface area (Å²) in [4.78, 5) is 11.9. The van der Waals surface area contributed by atoms with E-state index in [-0.39, 0.29) is 12.5 Å². The van der Waals surface area contributed by atoms with Crippen molar-refractivity contribution in [3.8, 4) is 5.75 Å². The van der Waals surface area contributed by atoms with Crippen molar-refractivity contribution in [3.63, 3.8) is 0 Å². The van der Waals surface area contributed by atoms with E-state index < -0.39 is 0 Å². The van der Waals surface area contributed by atoms with Crippen LogP contribution in [-0.4, -0.2) is 19.6 Å². The van der Waals surface area contributed by atoms with Gasteiger partial charge in [0, 0.05) is 21.9 Å². The Bertz CT molecular complexity index is 649. The van der Waals surface area contributed by atoms with Crippen molar-refractivity contribution >= 4 is 44.8 Å². The van der Waals surface area contributed by atoms with Crippen molar-refractivity contribution in [2.45, 2.75) is 0 Å². The summed E-state index contributed by atoms with van der Waals surface area (Å²) in [7, 11) is 1.58. The predicted octanol–water partition coefficient (Wildman–Crippen LogP) is 4.16. The van der Waals surface area contributed by atoms with Crippen LogP contribution < -0.4 is 15.4 Å². The minimum absolute atomic E-state index is 0.148. The van der Waals surface area contributed by atoms with E-state index in [0.717, 1.165) is 10.2 Å². The van der Waals surface area contributed by atoms with Crippen molar-refractivity contribution < 1.29 is 9.53 Å². The molecule has 2 aromatic carbocycles. The molecule has 21 heavy (non-hydrogen) atoms. The maximum absolute atomic E-state index is 11.9. The number of hydrogen-bond acceptors (Lipinski definition) is 3. The van der Waals surface area contributed by atoms with Gasteiger partial charge in [-0.2, -0.15) is 0 Å². The van der Waals surface area contributed by atoms with Crippen molar-refractivity contribution in [1.82, 2.24) is 0 Å². The molecular weight excluding hydrogens is 356 g/mol. The van der Waals surface area contributed by atoms with E-state index in [2.05, 4.69) is 26.6 Å². The summed E-state index contributed by atoms with van der Waals surface area (Å²) in [5.74, 6) is 0.544. The van der Waals surface area contributed by atoms with Crippen LogP contribution in [0.25, 0.3) is 0 Å². The number of carbonyl (C=O) groups excluding carboxylic acids is 1. The maximum atomic E-state index is 11.9. The zero-order chi connectivity index (χ0) is 15.2. The van der Waals surface area contributed by atoms with Crippen LogP contribution in [-0.2, 0) is 4.79 Å². The Balaban J connectivity index is 1.90. The molecule has 0 saturated heterocycles. The molecule has 6 heteroatoms. The molecule has 2 aromatic rings. The fourth-order valence-corrected chi connectivity index (χ4v) is 2.12. The van der Waals surface area contributed by atoms with Gasteiger partial charge in [-0.1, -0.05) is 17.7 Å². The fraction of sp³-hybridized carbons (Fsp3) is 0.133. The van der Waals surface area contributed by atoms with Gasteiger partial charge >= 0.3 is 0 Å². The summed E-state index contributed by atoms with van der Waals surface area (Å²) in [6.45, 7) is 0.148. The lowest BCUT2D eigenvalue weighted by molar-refractivity contribution is -0.114. The lowest BCUT2D eigenvalue weighted by Crippen LogP contribution is -2.21. The summed E-state index contributed by atoms with van der Waals surface area (Å²) >= 11 is 9.31. The zero-order valence-corrected chi connectivity index (χ0v) is 13.7. The van der Waals surface area contributed by atoms with Crippen LogP contribution in [0.1, 0.15) is 0 Å². The molecule has 0 radical (unpaired) electrons. The van der Waals surface area contributed by atoms with E-state index >= 15 is 0 Å². The molecule has 2 rings (SSSR count). The van der Waals surface area contributed by atoms with Gasteiger partial charge in [0.15, 0.2) is 0 Å². The normalized spacial score (nSPS) is 10.0. The van der Waals surface area contributed by atoms with E-state index in [0.29, 0.717) is 16.5 Å². The van der Waals surface area contributed by atoms with Crippen molar-refractivity contribution in [3.05, 3.63) is 52.0 Å². The van der Waals surface area contributed by atoms with Gasteiger partial charge in [0.1, 0.15) is 5.75 Å². The highest BCUT2D eigenvalue weighted by Gasteiger charge is 2.04. The molecule has 0 unspecified atom stereocenters. The molecule has 0 aliphatic carbocycles. The molecule has 0 aliphatic heterocycles. The largest absolute Gasteiger partial charge is 0.497 e. The minimum atomic E-state index is -0.151. The molecule has 110 valence electrons. The molecule has 0 bridgehead atoms. The number of nitrogens with one attached hydrogen (secondary N) is 2. The Morgan fingerprint density at radius 2 is 2.05 bits per heavy atom. The van der Waals surface area contributed by atoms with Crippen LogP contribution in [0.15, 0.2) is 46.9 Å². The minimum Gasteiger partial charge on any atom is -0.497 e. The summed E-state index contributed by atoms with van der Waals surface area (Å²) in [5, 5.41) is 6.39. The maximum Gasteiger partial charge on any atom is 0.243 e. The van der Waals surface area contributed by atoms with Gasteiger partial charge in [-0.3, -0.25) is 4.79 Å². The highest BCUT2D eigenvalue weighted by Crippen LogP contribution is 2.25. The van der Waals surface area contributed by atoms with Crippen LogP contribution in [0.4, 0.5) is 11.4 Å². The van der Waals surface area contributed by atoms with Crippen molar-refractivity contribution in [2.75, 3.05) is 24.3 Å². The fourth-order valence-electron chi connectivity index (χ4n) is 1.69. The van der Waals surface area contributed by atoms with E-state index in [1.54, 1.807) is 25.3 Å². The van der Waals surface area contributed by atoms with Crippen LogP contribution in [0.5, 0.6) is 5.75 Å². The summed E-state index contributed by atoms with van der Waals surface area (Å²) < 4.78 is 5.92. The molecule has 1 amide bonds. The molecule has 0 heterocycles. The molecule has 0 aromatic heterocycles. The first-order valence-electron chi connectivity index (χ1n) is 6.21. The Morgan fingerprint density at radius 3 is 2.76 bits per heavy atom. The first-order chi connectivity index (χ1) is 10.1. The first-order valence-corrected chi connectivity index (χ1v) is 7.38. The van der Waals surface area contributed by atoms with E-state index in [1.165, 1.54) is 0 Å². The third-order valence-electron chi connectivity index (χ3n) is 2.73. The summed E-state index contributed by atoms with van der Waals surface area (Å²) in [6.07, 6.45) is 0. The molecule has 4 nitrogen and oxygen atoms in total. The Kier molecular flexibility index (Phi) is 5.47. The number of methoxy groups -OCH3 is 1. The topological polar surface area (TPSA) is 50.4 Å². The zero-order valence-electron chi connectivity index (χ0n) is 11.3. The van der Waals surface area contributed by atoms with Gasteiger partial charge in [0.2, 0.25) is 5.91 Å². The first kappa shape index (κ1) is 15.7. The van der Waals surface area contributed by atoms with E-state index in [4.69, 9.17) is 16.3 Å². The highest BCUT2D eigenvalue weighted by atomic mass is 79.9. The quantitative estimate of drug-likeness (QED) is 0.832. The second kappa shape index (κ2) is 7.33. The Hall–Kier alpha value is -1.72. The van der Waals surface area contributed by atoms with Crippen LogP contribution in [0.2, 0.25) is 5.02 Å². The van der Waals surface area contributed by atoms with Gasteiger partial charge in [0.25, 0.3) is 0 Å². The average molecular weight is 370 g/mol. The molecule has 0 aliphatic rings. The average Bonchev–Trinajstić information content (AvgIpc) is 2.48. The highest BCUT2D eigenvalue weighted by molar-refractivity contribution is 9.10. The van der Waals surface area contributed by atoms with E-state index in [9.17, 15) is 4.79 Å². The molecule has 0 saturated carbocycles. The number of carbonyl (C=O) groups is 1. The molecular formula is C15H14BrClN2O2. The SMILES string of the molecule is COc1cccc(NC(=O)CNc2ccc(Br)c(Cl)c2)c1. The number of benzene rings is 2. The van der Waals surface area contributed by atoms with Crippen molar-refractivity contribution in [2.24, 2.45) is 0 Å². The lowest BCUT2D eigenvalue weighted by Gasteiger charge is -2.09. The number of hydrogen-bond donors (Lipinski definition) is 2.